The van der Waals surface area contributed by atoms with Crippen molar-refractivity contribution >= 4 is 5.82 Å². The minimum Gasteiger partial charge on any atom is -0.373 e. The van der Waals surface area contributed by atoms with Gasteiger partial charge in [0, 0.05) is 23.9 Å². The van der Waals surface area contributed by atoms with Crippen LogP contribution in [0.25, 0.3) is 11.4 Å². The molecule has 0 unspecified atom stereocenters. The van der Waals surface area contributed by atoms with Gasteiger partial charge in [-0.05, 0) is 24.3 Å². The van der Waals surface area contributed by atoms with E-state index < -0.39 is 0 Å². The van der Waals surface area contributed by atoms with Gasteiger partial charge in [-0.1, -0.05) is 52.0 Å². The van der Waals surface area contributed by atoms with Crippen molar-refractivity contribution in [2.24, 2.45) is 0 Å². The normalized spacial score (nSPS) is 11.5. The molecular formula is C18H25N3. The quantitative estimate of drug-likeness (QED) is 0.909. The van der Waals surface area contributed by atoms with Crippen LogP contribution in [0.5, 0.6) is 0 Å². The van der Waals surface area contributed by atoms with Crippen LogP contribution < -0.4 is 5.32 Å². The molecule has 2 rings (SSSR count). The second-order valence-corrected chi connectivity index (χ2v) is 6.39. The highest BCUT2D eigenvalue weighted by Gasteiger charge is 2.14. The Morgan fingerprint density at radius 1 is 1.05 bits per heavy atom. The largest absolute Gasteiger partial charge is 0.373 e. The SMILES string of the molecule is CCc1c(C)nc(-c2ccc(C(C)(C)C)cc2)nc1NC. The molecule has 21 heavy (non-hydrogen) atoms. The molecule has 0 saturated heterocycles. The molecule has 0 saturated carbocycles. The summed E-state index contributed by atoms with van der Waals surface area (Å²) < 4.78 is 0. The summed E-state index contributed by atoms with van der Waals surface area (Å²) in [7, 11) is 1.91. The van der Waals surface area contributed by atoms with Gasteiger partial charge in [-0.25, -0.2) is 9.97 Å². The molecule has 0 amide bonds. The lowest BCUT2D eigenvalue weighted by atomic mass is 9.86. The Morgan fingerprint density at radius 2 is 1.67 bits per heavy atom. The van der Waals surface area contributed by atoms with Crippen molar-refractivity contribution in [3.05, 3.63) is 41.1 Å². The fourth-order valence-electron chi connectivity index (χ4n) is 2.47. The number of hydrogen-bond donors (Lipinski definition) is 1. The van der Waals surface area contributed by atoms with Gasteiger partial charge < -0.3 is 5.32 Å². The Balaban J connectivity index is 2.45. The summed E-state index contributed by atoms with van der Waals surface area (Å²) in [5.41, 5.74) is 4.78. The number of aromatic nitrogens is 2. The Labute approximate surface area is 127 Å². The summed E-state index contributed by atoms with van der Waals surface area (Å²) in [5, 5.41) is 3.18. The first kappa shape index (κ1) is 15.5. The molecule has 0 fully saturated rings. The molecule has 1 aromatic carbocycles. The van der Waals surface area contributed by atoms with Gasteiger partial charge in [-0.2, -0.15) is 0 Å². The predicted molar refractivity (Wildman–Crippen MR) is 89.8 cm³/mol. The average molecular weight is 283 g/mol. The minimum atomic E-state index is 0.164. The van der Waals surface area contributed by atoms with E-state index in [-0.39, 0.29) is 5.41 Å². The molecule has 0 aliphatic heterocycles. The van der Waals surface area contributed by atoms with Gasteiger partial charge in [-0.3, -0.25) is 0 Å². The molecule has 112 valence electrons. The molecular weight excluding hydrogens is 258 g/mol. The molecule has 0 atom stereocenters. The number of anilines is 1. The van der Waals surface area contributed by atoms with Crippen molar-refractivity contribution in [3.8, 4) is 11.4 Å². The zero-order chi connectivity index (χ0) is 15.6. The Bertz CT molecular complexity index is 622. The number of nitrogens with zero attached hydrogens (tertiary/aromatic N) is 2. The summed E-state index contributed by atoms with van der Waals surface area (Å²) in [6.07, 6.45) is 0.936. The van der Waals surface area contributed by atoms with E-state index in [1.807, 2.05) is 14.0 Å². The van der Waals surface area contributed by atoms with Crippen molar-refractivity contribution in [2.45, 2.75) is 46.5 Å². The summed E-state index contributed by atoms with van der Waals surface area (Å²) in [6, 6.07) is 8.56. The average Bonchev–Trinajstić information content (AvgIpc) is 2.45. The van der Waals surface area contributed by atoms with E-state index in [1.54, 1.807) is 0 Å². The summed E-state index contributed by atoms with van der Waals surface area (Å²) >= 11 is 0. The fraction of sp³-hybridized carbons (Fsp3) is 0.444. The van der Waals surface area contributed by atoms with E-state index in [9.17, 15) is 0 Å². The Hall–Kier alpha value is -1.90. The number of rotatable bonds is 3. The third-order valence-corrected chi connectivity index (χ3v) is 3.81. The van der Waals surface area contributed by atoms with Crippen LogP contribution in [-0.4, -0.2) is 17.0 Å². The molecule has 3 nitrogen and oxygen atoms in total. The van der Waals surface area contributed by atoms with Gasteiger partial charge in [-0.15, -0.1) is 0 Å². The van der Waals surface area contributed by atoms with E-state index in [1.165, 1.54) is 11.1 Å². The smallest absolute Gasteiger partial charge is 0.161 e. The second-order valence-electron chi connectivity index (χ2n) is 6.39. The molecule has 0 spiro atoms. The van der Waals surface area contributed by atoms with Crippen molar-refractivity contribution in [3.63, 3.8) is 0 Å². The van der Waals surface area contributed by atoms with Crippen molar-refractivity contribution < 1.29 is 0 Å². The molecule has 2 aromatic rings. The number of nitrogens with one attached hydrogen (secondary N) is 1. The molecule has 0 aliphatic carbocycles. The standard InChI is InChI=1S/C18H25N3/c1-7-15-12(2)20-16(21-17(15)19-6)13-8-10-14(11-9-13)18(3,4)5/h8-11H,7H2,1-6H3,(H,19,20,21). The van der Waals surface area contributed by atoms with Gasteiger partial charge in [0.05, 0.1) is 0 Å². The van der Waals surface area contributed by atoms with Gasteiger partial charge in [0.25, 0.3) is 0 Å². The van der Waals surface area contributed by atoms with Crippen LogP contribution >= 0.6 is 0 Å². The summed E-state index contributed by atoms with van der Waals surface area (Å²) in [6.45, 7) is 10.8. The first-order valence-electron chi connectivity index (χ1n) is 7.53. The van der Waals surface area contributed by atoms with Crippen LogP contribution in [-0.2, 0) is 11.8 Å². The van der Waals surface area contributed by atoms with Crippen LogP contribution in [0.15, 0.2) is 24.3 Å². The van der Waals surface area contributed by atoms with Gasteiger partial charge >= 0.3 is 0 Å². The third kappa shape index (κ3) is 3.23. The zero-order valence-electron chi connectivity index (χ0n) is 13.9. The molecule has 0 aliphatic rings. The van der Waals surface area contributed by atoms with Crippen LogP contribution in [0.1, 0.15) is 44.5 Å². The van der Waals surface area contributed by atoms with Crippen LogP contribution in [0.4, 0.5) is 5.82 Å². The minimum absolute atomic E-state index is 0.164. The van der Waals surface area contributed by atoms with Gasteiger partial charge in [0.1, 0.15) is 5.82 Å². The second kappa shape index (κ2) is 5.84. The lowest BCUT2D eigenvalue weighted by Crippen LogP contribution is -2.10. The maximum Gasteiger partial charge on any atom is 0.161 e. The highest BCUT2D eigenvalue weighted by molar-refractivity contribution is 5.60. The van der Waals surface area contributed by atoms with Gasteiger partial charge in [0.2, 0.25) is 0 Å². The van der Waals surface area contributed by atoms with E-state index in [2.05, 4.69) is 67.2 Å². The van der Waals surface area contributed by atoms with Crippen LogP contribution in [0.3, 0.4) is 0 Å². The number of aryl methyl sites for hydroxylation is 1. The van der Waals surface area contributed by atoms with Crippen LogP contribution in [0.2, 0.25) is 0 Å². The summed E-state index contributed by atoms with van der Waals surface area (Å²) in [5.74, 6) is 1.72. The molecule has 0 radical (unpaired) electrons. The highest BCUT2D eigenvalue weighted by atomic mass is 15.0. The molecule has 1 heterocycles. The highest BCUT2D eigenvalue weighted by Crippen LogP contribution is 2.26. The van der Waals surface area contributed by atoms with E-state index in [4.69, 9.17) is 0 Å². The molecule has 1 aromatic heterocycles. The van der Waals surface area contributed by atoms with Crippen molar-refractivity contribution in [2.75, 3.05) is 12.4 Å². The maximum atomic E-state index is 4.66. The monoisotopic (exact) mass is 283 g/mol. The molecule has 1 N–H and O–H groups in total. The number of benzene rings is 1. The van der Waals surface area contributed by atoms with Gasteiger partial charge in [0.15, 0.2) is 5.82 Å². The van der Waals surface area contributed by atoms with E-state index >= 15 is 0 Å². The molecule has 3 heteroatoms. The fourth-order valence-corrected chi connectivity index (χ4v) is 2.47. The zero-order valence-corrected chi connectivity index (χ0v) is 13.9. The van der Waals surface area contributed by atoms with E-state index in [0.29, 0.717) is 0 Å². The van der Waals surface area contributed by atoms with E-state index in [0.717, 1.165) is 29.3 Å². The lowest BCUT2D eigenvalue weighted by molar-refractivity contribution is 0.590. The first-order valence-corrected chi connectivity index (χ1v) is 7.53. The lowest BCUT2D eigenvalue weighted by Gasteiger charge is -2.19. The predicted octanol–water partition coefficient (Wildman–Crippen LogP) is 4.35. The van der Waals surface area contributed by atoms with Crippen molar-refractivity contribution in [1.82, 2.24) is 9.97 Å². The first-order chi connectivity index (χ1) is 9.86. The molecule has 0 bridgehead atoms. The third-order valence-electron chi connectivity index (χ3n) is 3.81. The van der Waals surface area contributed by atoms with Crippen LogP contribution in [0, 0.1) is 6.92 Å². The van der Waals surface area contributed by atoms with Crippen molar-refractivity contribution in [1.29, 1.82) is 0 Å². The Morgan fingerprint density at radius 3 is 2.14 bits per heavy atom. The number of hydrogen-bond acceptors (Lipinski definition) is 3. The summed E-state index contributed by atoms with van der Waals surface area (Å²) in [4.78, 5) is 9.33. The Kier molecular flexibility index (Phi) is 4.31. The maximum absolute atomic E-state index is 4.66. The topological polar surface area (TPSA) is 37.8 Å².